The van der Waals surface area contributed by atoms with Crippen molar-refractivity contribution in [1.82, 2.24) is 15.1 Å². The number of alkyl carbamates (subject to hydrolysis) is 1. The summed E-state index contributed by atoms with van der Waals surface area (Å²) in [4.78, 5) is 24.8. The zero-order valence-corrected chi connectivity index (χ0v) is 27.7. The number of nitrogens with zero attached hydrogens (tertiary/aromatic N) is 2. The standard InChI is InChI=1S/C30H50N4O6Si/c1-28(2,3)38-26(35)24(40-41(10,11)30(7,8)9)20-37-22-15-13-21(14-16-22)23-19-34(33-25(23)31)18-12-17-32-27(36)39-29(4,5)6/h13-16,19,24H,12,17-18,20H2,1-11H3,(H2,31,33)(H,32,36)/t24-/m0/s1. The third-order valence-electron chi connectivity index (χ3n) is 6.50. The highest BCUT2D eigenvalue weighted by Crippen LogP contribution is 2.37. The first-order valence-corrected chi connectivity index (χ1v) is 17.0. The van der Waals surface area contributed by atoms with E-state index in [0.29, 0.717) is 31.1 Å². The Morgan fingerprint density at radius 3 is 2.10 bits per heavy atom. The maximum absolute atomic E-state index is 13.0. The predicted octanol–water partition coefficient (Wildman–Crippen LogP) is 6.16. The number of carbonyl (C=O) groups is 2. The number of anilines is 1. The van der Waals surface area contributed by atoms with Crippen LogP contribution in [0.4, 0.5) is 10.6 Å². The van der Waals surface area contributed by atoms with Crippen LogP contribution in [0.5, 0.6) is 5.75 Å². The van der Waals surface area contributed by atoms with Gasteiger partial charge in [0.25, 0.3) is 0 Å². The summed E-state index contributed by atoms with van der Waals surface area (Å²) >= 11 is 0. The van der Waals surface area contributed by atoms with Crippen LogP contribution in [-0.2, 0) is 25.2 Å². The van der Waals surface area contributed by atoms with Crippen LogP contribution in [0.1, 0.15) is 68.7 Å². The highest BCUT2D eigenvalue weighted by Gasteiger charge is 2.42. The molecule has 0 radical (unpaired) electrons. The fraction of sp³-hybridized carbons (Fsp3) is 0.633. The number of esters is 1. The summed E-state index contributed by atoms with van der Waals surface area (Å²) in [6.45, 7) is 22.6. The number of nitrogens with one attached hydrogen (secondary N) is 1. The molecule has 1 amide bonds. The second-order valence-corrected chi connectivity index (χ2v) is 18.5. The van der Waals surface area contributed by atoms with E-state index in [0.717, 1.165) is 11.1 Å². The maximum Gasteiger partial charge on any atom is 0.407 e. The highest BCUT2D eigenvalue weighted by molar-refractivity contribution is 6.74. The minimum absolute atomic E-state index is 0.0399. The molecule has 0 aliphatic heterocycles. The summed E-state index contributed by atoms with van der Waals surface area (Å²) in [6, 6.07) is 7.45. The normalized spacial score (nSPS) is 13.4. The number of nitrogen functional groups attached to an aromatic ring is 1. The van der Waals surface area contributed by atoms with Crippen LogP contribution in [0.3, 0.4) is 0 Å². The molecule has 2 rings (SSSR count). The zero-order valence-electron chi connectivity index (χ0n) is 26.7. The molecule has 1 heterocycles. The molecule has 1 aromatic heterocycles. The van der Waals surface area contributed by atoms with Gasteiger partial charge < -0.3 is 29.7 Å². The van der Waals surface area contributed by atoms with Gasteiger partial charge in [0, 0.05) is 24.8 Å². The SMILES string of the molecule is CC(C)(C)OC(=O)NCCCn1cc(-c2ccc(OC[C@H](O[Si](C)(C)C(C)(C)C)C(=O)OC(C)(C)C)cc2)c(N)n1. The molecule has 0 fully saturated rings. The van der Waals surface area contributed by atoms with Gasteiger partial charge in [-0.1, -0.05) is 32.9 Å². The van der Waals surface area contributed by atoms with Crippen molar-refractivity contribution >= 4 is 26.2 Å². The molecule has 3 N–H and O–H groups in total. The Bertz CT molecular complexity index is 1160. The quantitative estimate of drug-likeness (QED) is 0.181. The lowest BCUT2D eigenvalue weighted by Gasteiger charge is -2.39. The summed E-state index contributed by atoms with van der Waals surface area (Å²) in [5, 5.41) is 7.07. The lowest BCUT2D eigenvalue weighted by molar-refractivity contribution is -0.165. The Labute approximate surface area is 246 Å². The molecule has 0 saturated carbocycles. The number of carbonyl (C=O) groups excluding carboxylic acids is 2. The summed E-state index contributed by atoms with van der Waals surface area (Å²) in [5.74, 6) is 0.576. The minimum atomic E-state index is -2.26. The van der Waals surface area contributed by atoms with Gasteiger partial charge in [0.15, 0.2) is 20.2 Å². The van der Waals surface area contributed by atoms with E-state index >= 15 is 0 Å². The number of rotatable bonds is 11. The monoisotopic (exact) mass is 590 g/mol. The number of nitrogens with two attached hydrogens (primary N) is 1. The van der Waals surface area contributed by atoms with Gasteiger partial charge in [0.2, 0.25) is 0 Å². The fourth-order valence-corrected chi connectivity index (χ4v) is 4.70. The van der Waals surface area contributed by atoms with E-state index in [4.69, 9.17) is 24.4 Å². The Morgan fingerprint density at radius 1 is 0.976 bits per heavy atom. The van der Waals surface area contributed by atoms with Crippen molar-refractivity contribution in [2.24, 2.45) is 0 Å². The first kappa shape index (κ1) is 34.1. The number of ether oxygens (including phenoxy) is 3. The zero-order chi connectivity index (χ0) is 31.2. The molecule has 1 aromatic carbocycles. The van der Waals surface area contributed by atoms with Crippen molar-refractivity contribution in [3.8, 4) is 16.9 Å². The fourth-order valence-electron chi connectivity index (χ4n) is 3.47. The number of amides is 1. The molecule has 0 bridgehead atoms. The van der Waals surface area contributed by atoms with Gasteiger partial charge in [-0.25, -0.2) is 9.59 Å². The van der Waals surface area contributed by atoms with Crippen molar-refractivity contribution in [3.05, 3.63) is 30.5 Å². The number of hydrogen-bond acceptors (Lipinski definition) is 8. The van der Waals surface area contributed by atoms with Gasteiger partial charge in [-0.2, -0.15) is 5.10 Å². The summed E-state index contributed by atoms with van der Waals surface area (Å²) in [6.07, 6.45) is 1.27. The lowest BCUT2D eigenvalue weighted by Crippen LogP contribution is -2.49. The average molecular weight is 591 g/mol. The molecule has 10 nitrogen and oxygen atoms in total. The van der Waals surface area contributed by atoms with Gasteiger partial charge in [-0.3, -0.25) is 4.68 Å². The smallest absolute Gasteiger partial charge is 0.407 e. The van der Waals surface area contributed by atoms with E-state index in [9.17, 15) is 9.59 Å². The van der Waals surface area contributed by atoms with E-state index in [1.54, 1.807) is 4.68 Å². The molecule has 230 valence electrons. The topological polar surface area (TPSA) is 127 Å². The van der Waals surface area contributed by atoms with E-state index in [2.05, 4.69) is 44.3 Å². The van der Waals surface area contributed by atoms with Crippen molar-refractivity contribution in [2.45, 2.75) is 111 Å². The van der Waals surface area contributed by atoms with Crippen LogP contribution in [0.25, 0.3) is 11.1 Å². The van der Waals surface area contributed by atoms with E-state index < -0.39 is 37.7 Å². The van der Waals surface area contributed by atoms with Crippen LogP contribution >= 0.6 is 0 Å². The van der Waals surface area contributed by atoms with Crippen LogP contribution in [-0.4, -0.2) is 60.6 Å². The second kappa shape index (κ2) is 13.3. The maximum atomic E-state index is 13.0. The summed E-state index contributed by atoms with van der Waals surface area (Å²) in [5.41, 5.74) is 6.71. The molecule has 41 heavy (non-hydrogen) atoms. The van der Waals surface area contributed by atoms with Crippen LogP contribution in [0.15, 0.2) is 30.5 Å². The number of aromatic nitrogens is 2. The average Bonchev–Trinajstić information content (AvgIpc) is 3.17. The number of hydrogen-bond donors (Lipinski definition) is 2. The van der Waals surface area contributed by atoms with Crippen molar-refractivity contribution in [2.75, 3.05) is 18.9 Å². The molecule has 0 unspecified atom stereocenters. The van der Waals surface area contributed by atoms with Crippen LogP contribution in [0, 0.1) is 0 Å². The van der Waals surface area contributed by atoms with Crippen molar-refractivity contribution in [1.29, 1.82) is 0 Å². The van der Waals surface area contributed by atoms with Crippen LogP contribution in [0.2, 0.25) is 18.1 Å². The molecule has 0 aliphatic rings. The predicted molar refractivity (Wildman–Crippen MR) is 164 cm³/mol. The molecular weight excluding hydrogens is 540 g/mol. The summed E-state index contributed by atoms with van der Waals surface area (Å²) < 4.78 is 25.0. The third kappa shape index (κ3) is 11.4. The molecule has 0 aliphatic carbocycles. The Hall–Kier alpha value is -3.05. The first-order valence-electron chi connectivity index (χ1n) is 14.1. The second-order valence-electron chi connectivity index (χ2n) is 13.7. The van der Waals surface area contributed by atoms with Gasteiger partial charge >= 0.3 is 12.1 Å². The van der Waals surface area contributed by atoms with E-state index in [-0.39, 0.29) is 11.6 Å². The van der Waals surface area contributed by atoms with Crippen molar-refractivity contribution in [3.63, 3.8) is 0 Å². The highest BCUT2D eigenvalue weighted by atomic mass is 28.4. The number of aryl methyl sites for hydroxylation is 1. The molecule has 0 spiro atoms. The van der Waals surface area contributed by atoms with E-state index in [1.807, 2.05) is 72.0 Å². The summed E-state index contributed by atoms with van der Waals surface area (Å²) in [7, 11) is -2.26. The minimum Gasteiger partial charge on any atom is -0.490 e. The van der Waals surface area contributed by atoms with Gasteiger partial charge in [-0.15, -0.1) is 0 Å². The third-order valence-corrected chi connectivity index (χ3v) is 11.0. The molecule has 2 aromatic rings. The van der Waals surface area contributed by atoms with Gasteiger partial charge in [-0.05, 0) is 83.8 Å². The molecular formula is C30H50N4O6Si. The van der Waals surface area contributed by atoms with Crippen molar-refractivity contribution < 1.29 is 28.2 Å². The van der Waals surface area contributed by atoms with Gasteiger partial charge in [0.05, 0.1) is 0 Å². The lowest BCUT2D eigenvalue weighted by atomic mass is 10.1. The first-order chi connectivity index (χ1) is 18.7. The molecule has 0 saturated heterocycles. The van der Waals surface area contributed by atoms with Gasteiger partial charge in [0.1, 0.15) is 23.6 Å². The Morgan fingerprint density at radius 2 is 1.56 bits per heavy atom. The Kier molecular flexibility index (Phi) is 11.1. The largest absolute Gasteiger partial charge is 0.490 e. The molecule has 1 atom stereocenters. The Balaban J connectivity index is 2.02. The molecule has 11 heteroatoms. The van der Waals surface area contributed by atoms with E-state index in [1.165, 1.54) is 0 Å². The number of benzene rings is 1. The van der Waals surface area contributed by atoms with Crippen LogP contribution < -0.4 is 15.8 Å².